The molecule has 0 saturated carbocycles. The van der Waals surface area contributed by atoms with Gasteiger partial charge in [0.15, 0.2) is 0 Å². The molecule has 0 fully saturated rings. The molecule has 0 heterocycles. The van der Waals surface area contributed by atoms with Crippen molar-refractivity contribution < 1.29 is 8.78 Å². The molecule has 0 bridgehead atoms. The number of rotatable bonds is 4. The molecule has 1 unspecified atom stereocenters. The molecule has 0 spiro atoms. The van der Waals surface area contributed by atoms with Crippen LogP contribution >= 0.6 is 0 Å². The zero-order valence-electron chi connectivity index (χ0n) is 12.5. The third-order valence-electron chi connectivity index (χ3n) is 3.74. The first-order valence-corrected chi connectivity index (χ1v) is 6.89. The number of hydrogen-bond donors (Lipinski definition) is 2. The SMILES string of the molecule is Cc1cc(C)c(CC(NN)c2cc(F)cc(F)c2)c(C)c1. The third kappa shape index (κ3) is 3.65. The lowest BCUT2D eigenvalue weighted by atomic mass is 9.92. The molecule has 0 aliphatic heterocycles. The molecule has 2 aromatic rings. The summed E-state index contributed by atoms with van der Waals surface area (Å²) in [5.74, 6) is 4.40. The van der Waals surface area contributed by atoms with Crippen LogP contribution in [-0.4, -0.2) is 0 Å². The Morgan fingerprint density at radius 1 is 0.952 bits per heavy atom. The normalized spacial score (nSPS) is 12.5. The summed E-state index contributed by atoms with van der Waals surface area (Å²) in [6.07, 6.45) is 0.581. The van der Waals surface area contributed by atoms with E-state index in [4.69, 9.17) is 5.84 Å². The van der Waals surface area contributed by atoms with Gasteiger partial charge >= 0.3 is 0 Å². The van der Waals surface area contributed by atoms with Gasteiger partial charge in [-0.25, -0.2) is 8.78 Å². The van der Waals surface area contributed by atoms with E-state index in [0.29, 0.717) is 12.0 Å². The second kappa shape index (κ2) is 6.33. The Hall–Kier alpha value is -1.78. The molecule has 0 amide bonds. The fourth-order valence-corrected chi connectivity index (χ4v) is 2.79. The van der Waals surface area contributed by atoms with Crippen LogP contribution in [0.4, 0.5) is 8.78 Å². The van der Waals surface area contributed by atoms with E-state index in [0.717, 1.165) is 22.8 Å². The first-order chi connectivity index (χ1) is 9.90. The van der Waals surface area contributed by atoms with Gasteiger partial charge in [-0.3, -0.25) is 11.3 Å². The zero-order valence-corrected chi connectivity index (χ0v) is 12.5. The average Bonchev–Trinajstić information content (AvgIpc) is 2.36. The van der Waals surface area contributed by atoms with Gasteiger partial charge in [0.2, 0.25) is 0 Å². The maximum absolute atomic E-state index is 13.4. The molecular weight excluding hydrogens is 270 g/mol. The smallest absolute Gasteiger partial charge is 0.126 e. The molecule has 2 aromatic carbocycles. The Labute approximate surface area is 124 Å². The Balaban J connectivity index is 2.35. The topological polar surface area (TPSA) is 38.0 Å². The lowest BCUT2D eigenvalue weighted by Crippen LogP contribution is -2.30. The van der Waals surface area contributed by atoms with Crippen LogP contribution in [-0.2, 0) is 6.42 Å². The molecule has 2 nitrogen and oxygen atoms in total. The first kappa shape index (κ1) is 15.6. The van der Waals surface area contributed by atoms with Crippen molar-refractivity contribution in [2.24, 2.45) is 5.84 Å². The standard InChI is InChI=1S/C17H20F2N2/c1-10-4-11(2)16(12(3)5-10)9-17(21-20)13-6-14(18)8-15(19)7-13/h4-8,17,21H,9,20H2,1-3H3. The van der Waals surface area contributed by atoms with Crippen LogP contribution < -0.4 is 11.3 Å². The second-order valence-electron chi connectivity index (χ2n) is 5.50. The molecule has 0 radical (unpaired) electrons. The molecule has 0 aliphatic rings. The molecule has 0 saturated heterocycles. The van der Waals surface area contributed by atoms with Crippen molar-refractivity contribution in [3.8, 4) is 0 Å². The van der Waals surface area contributed by atoms with Gasteiger partial charge in [-0.2, -0.15) is 0 Å². The number of aryl methyl sites for hydroxylation is 3. The molecule has 112 valence electrons. The van der Waals surface area contributed by atoms with Gasteiger partial charge in [0, 0.05) is 6.07 Å². The van der Waals surface area contributed by atoms with Gasteiger partial charge in [0.25, 0.3) is 0 Å². The van der Waals surface area contributed by atoms with Crippen LogP contribution in [0, 0.1) is 32.4 Å². The fourth-order valence-electron chi connectivity index (χ4n) is 2.79. The van der Waals surface area contributed by atoms with Crippen molar-refractivity contribution in [1.82, 2.24) is 5.43 Å². The fraction of sp³-hybridized carbons (Fsp3) is 0.294. The van der Waals surface area contributed by atoms with Crippen LogP contribution in [0.2, 0.25) is 0 Å². The maximum atomic E-state index is 13.4. The highest BCUT2D eigenvalue weighted by atomic mass is 19.1. The molecule has 3 N–H and O–H groups in total. The van der Waals surface area contributed by atoms with Crippen molar-refractivity contribution >= 4 is 0 Å². The lowest BCUT2D eigenvalue weighted by molar-refractivity contribution is 0.529. The van der Waals surface area contributed by atoms with Crippen molar-refractivity contribution in [3.63, 3.8) is 0 Å². The number of hydrogen-bond acceptors (Lipinski definition) is 2. The zero-order chi connectivity index (χ0) is 15.6. The second-order valence-corrected chi connectivity index (χ2v) is 5.50. The minimum Gasteiger partial charge on any atom is -0.271 e. The van der Waals surface area contributed by atoms with Crippen molar-refractivity contribution in [3.05, 3.63) is 69.8 Å². The monoisotopic (exact) mass is 290 g/mol. The van der Waals surface area contributed by atoms with E-state index in [2.05, 4.69) is 17.6 Å². The summed E-state index contributed by atoms with van der Waals surface area (Å²) in [7, 11) is 0. The Kier molecular flexibility index (Phi) is 4.70. The minimum absolute atomic E-state index is 0.338. The molecule has 0 aliphatic carbocycles. The molecule has 21 heavy (non-hydrogen) atoms. The van der Waals surface area contributed by atoms with Crippen molar-refractivity contribution in [2.75, 3.05) is 0 Å². The summed E-state index contributed by atoms with van der Waals surface area (Å²) in [5.41, 5.74) is 7.82. The largest absolute Gasteiger partial charge is 0.271 e. The Morgan fingerprint density at radius 2 is 1.48 bits per heavy atom. The minimum atomic E-state index is -0.595. The van der Waals surface area contributed by atoms with E-state index in [1.165, 1.54) is 17.7 Å². The highest BCUT2D eigenvalue weighted by Gasteiger charge is 2.15. The van der Waals surface area contributed by atoms with Crippen LogP contribution in [0.3, 0.4) is 0 Å². The number of halogens is 2. The summed E-state index contributed by atoms with van der Waals surface area (Å²) in [6, 6.07) is 7.35. The highest BCUT2D eigenvalue weighted by Crippen LogP contribution is 2.24. The van der Waals surface area contributed by atoms with Crippen LogP contribution in [0.5, 0.6) is 0 Å². The van der Waals surface area contributed by atoms with E-state index < -0.39 is 11.6 Å². The predicted molar refractivity (Wildman–Crippen MR) is 80.8 cm³/mol. The molecule has 2 rings (SSSR count). The van der Waals surface area contributed by atoms with E-state index in [9.17, 15) is 8.78 Å². The van der Waals surface area contributed by atoms with Gasteiger partial charge in [0.1, 0.15) is 11.6 Å². The quantitative estimate of drug-likeness (QED) is 0.666. The third-order valence-corrected chi connectivity index (χ3v) is 3.74. The van der Waals surface area contributed by atoms with Crippen LogP contribution in [0.1, 0.15) is 33.9 Å². The summed E-state index contributed by atoms with van der Waals surface area (Å²) in [6.45, 7) is 6.12. The predicted octanol–water partition coefficient (Wildman–Crippen LogP) is 3.64. The highest BCUT2D eigenvalue weighted by molar-refractivity contribution is 5.39. The Bertz CT molecular complexity index is 610. The number of nitrogens with one attached hydrogen (secondary N) is 1. The molecule has 1 atom stereocenters. The number of nitrogens with two attached hydrogens (primary N) is 1. The molecular formula is C17H20F2N2. The van der Waals surface area contributed by atoms with E-state index in [-0.39, 0.29) is 6.04 Å². The summed E-state index contributed by atoms with van der Waals surface area (Å²) < 4.78 is 26.7. The van der Waals surface area contributed by atoms with Crippen molar-refractivity contribution in [1.29, 1.82) is 0 Å². The van der Waals surface area contributed by atoms with Gasteiger partial charge in [-0.15, -0.1) is 0 Å². The lowest BCUT2D eigenvalue weighted by Gasteiger charge is -2.20. The van der Waals surface area contributed by atoms with E-state index >= 15 is 0 Å². The van der Waals surface area contributed by atoms with E-state index in [1.807, 2.05) is 20.8 Å². The first-order valence-electron chi connectivity index (χ1n) is 6.89. The van der Waals surface area contributed by atoms with Gasteiger partial charge in [0.05, 0.1) is 6.04 Å². The number of hydrazine groups is 1. The van der Waals surface area contributed by atoms with Gasteiger partial charge in [-0.05, 0) is 61.6 Å². The van der Waals surface area contributed by atoms with Crippen LogP contribution in [0.25, 0.3) is 0 Å². The Morgan fingerprint density at radius 3 is 1.95 bits per heavy atom. The van der Waals surface area contributed by atoms with Gasteiger partial charge < -0.3 is 0 Å². The van der Waals surface area contributed by atoms with Gasteiger partial charge in [-0.1, -0.05) is 17.7 Å². The van der Waals surface area contributed by atoms with Crippen molar-refractivity contribution in [2.45, 2.75) is 33.2 Å². The van der Waals surface area contributed by atoms with Crippen LogP contribution in [0.15, 0.2) is 30.3 Å². The summed E-state index contributed by atoms with van der Waals surface area (Å²) in [5, 5.41) is 0. The summed E-state index contributed by atoms with van der Waals surface area (Å²) in [4.78, 5) is 0. The average molecular weight is 290 g/mol. The molecule has 0 aromatic heterocycles. The molecule has 4 heteroatoms. The summed E-state index contributed by atoms with van der Waals surface area (Å²) >= 11 is 0. The maximum Gasteiger partial charge on any atom is 0.126 e. The number of benzene rings is 2. The van der Waals surface area contributed by atoms with E-state index in [1.54, 1.807) is 0 Å².